The Hall–Kier alpha value is -1.22. The molecule has 0 bridgehead atoms. The molecule has 0 saturated carbocycles. The van der Waals surface area contributed by atoms with E-state index in [9.17, 15) is 5.11 Å². The summed E-state index contributed by atoms with van der Waals surface area (Å²) in [6.45, 7) is 1.81. The molecule has 0 spiro atoms. The second-order valence-electron chi connectivity index (χ2n) is 3.72. The van der Waals surface area contributed by atoms with E-state index in [1.54, 1.807) is 14.0 Å². The lowest BCUT2D eigenvalue weighted by atomic mass is 10.1. The summed E-state index contributed by atoms with van der Waals surface area (Å²) in [5.41, 5.74) is 2.33. The van der Waals surface area contributed by atoms with Crippen LogP contribution in [-0.4, -0.2) is 24.4 Å². The lowest BCUT2D eigenvalue weighted by Gasteiger charge is -2.13. The molecule has 14 heavy (non-hydrogen) atoms. The van der Waals surface area contributed by atoms with Crippen molar-refractivity contribution in [1.29, 1.82) is 0 Å². The van der Waals surface area contributed by atoms with E-state index in [4.69, 9.17) is 4.74 Å². The monoisotopic (exact) mass is 193 g/mol. The summed E-state index contributed by atoms with van der Waals surface area (Å²) in [4.78, 5) is 0. The van der Waals surface area contributed by atoms with Gasteiger partial charge in [0.15, 0.2) is 0 Å². The number of methoxy groups -OCH3 is 1. The maximum atomic E-state index is 9.46. The van der Waals surface area contributed by atoms with E-state index in [0.717, 1.165) is 17.9 Å². The normalized spacial score (nSPS) is 21.2. The summed E-state index contributed by atoms with van der Waals surface area (Å²) in [6.07, 6.45) is 0.540. The molecule has 3 heteroatoms. The first-order chi connectivity index (χ1) is 6.70. The number of ether oxygens (including phenoxy) is 1. The van der Waals surface area contributed by atoms with Crippen molar-refractivity contribution in [1.82, 2.24) is 0 Å². The van der Waals surface area contributed by atoms with Crippen LogP contribution in [0.2, 0.25) is 0 Å². The minimum atomic E-state index is -0.326. The number of fused-ring (bicyclic) bond motifs is 1. The maximum Gasteiger partial charge on any atom is 0.119 e. The topological polar surface area (TPSA) is 41.5 Å². The molecule has 1 aliphatic heterocycles. The lowest BCUT2D eigenvalue weighted by molar-refractivity contribution is 0.174. The van der Waals surface area contributed by atoms with Gasteiger partial charge in [-0.3, -0.25) is 0 Å². The predicted octanol–water partition coefficient (Wildman–Crippen LogP) is 1.41. The van der Waals surface area contributed by atoms with Gasteiger partial charge >= 0.3 is 0 Å². The maximum absolute atomic E-state index is 9.46. The van der Waals surface area contributed by atoms with Gasteiger partial charge < -0.3 is 15.2 Å². The molecule has 1 aromatic carbocycles. The van der Waals surface area contributed by atoms with Gasteiger partial charge in [-0.05, 0) is 37.1 Å². The summed E-state index contributed by atoms with van der Waals surface area (Å²) >= 11 is 0. The van der Waals surface area contributed by atoms with E-state index in [-0.39, 0.29) is 12.1 Å². The Morgan fingerprint density at radius 3 is 3.00 bits per heavy atom. The largest absolute Gasteiger partial charge is 0.497 e. The second kappa shape index (κ2) is 3.50. The summed E-state index contributed by atoms with van der Waals surface area (Å²) in [5.74, 6) is 0.872. The second-order valence-corrected chi connectivity index (χ2v) is 3.72. The lowest BCUT2D eigenvalue weighted by Crippen LogP contribution is -2.28. The summed E-state index contributed by atoms with van der Waals surface area (Å²) in [5, 5.41) is 12.7. The number of rotatable bonds is 2. The zero-order chi connectivity index (χ0) is 10.1. The average Bonchev–Trinajstić information content (AvgIpc) is 2.59. The van der Waals surface area contributed by atoms with E-state index >= 15 is 0 Å². The first-order valence-corrected chi connectivity index (χ1v) is 4.82. The third-order valence-corrected chi connectivity index (χ3v) is 2.68. The Morgan fingerprint density at radius 2 is 2.36 bits per heavy atom. The smallest absolute Gasteiger partial charge is 0.119 e. The molecular weight excluding hydrogens is 178 g/mol. The molecule has 0 radical (unpaired) electrons. The minimum Gasteiger partial charge on any atom is -0.497 e. The highest BCUT2D eigenvalue weighted by molar-refractivity contribution is 5.59. The zero-order valence-electron chi connectivity index (χ0n) is 8.45. The van der Waals surface area contributed by atoms with Crippen molar-refractivity contribution in [2.75, 3.05) is 12.4 Å². The van der Waals surface area contributed by atoms with Gasteiger partial charge in [0.05, 0.1) is 19.3 Å². The molecule has 0 fully saturated rings. The number of hydrogen-bond donors (Lipinski definition) is 2. The van der Waals surface area contributed by atoms with E-state index in [1.807, 2.05) is 18.2 Å². The number of aliphatic hydroxyl groups excluding tert-OH is 1. The fourth-order valence-corrected chi connectivity index (χ4v) is 1.79. The first-order valence-electron chi connectivity index (χ1n) is 4.82. The fourth-order valence-electron chi connectivity index (χ4n) is 1.79. The number of nitrogens with one attached hydrogen (secondary N) is 1. The summed E-state index contributed by atoms with van der Waals surface area (Å²) < 4.78 is 5.14. The van der Waals surface area contributed by atoms with Crippen molar-refractivity contribution >= 4 is 5.69 Å². The summed E-state index contributed by atoms with van der Waals surface area (Å²) in [7, 11) is 1.66. The number of benzene rings is 1. The highest BCUT2D eigenvalue weighted by Gasteiger charge is 2.24. The molecule has 1 aliphatic rings. The average molecular weight is 193 g/mol. The van der Waals surface area contributed by atoms with Crippen molar-refractivity contribution in [3.05, 3.63) is 23.8 Å². The molecule has 2 unspecified atom stereocenters. The molecule has 1 aromatic rings. The Kier molecular flexibility index (Phi) is 2.33. The van der Waals surface area contributed by atoms with Crippen LogP contribution in [0.4, 0.5) is 5.69 Å². The van der Waals surface area contributed by atoms with E-state index in [0.29, 0.717) is 0 Å². The molecule has 0 amide bonds. The first kappa shape index (κ1) is 9.34. The third kappa shape index (κ3) is 1.55. The van der Waals surface area contributed by atoms with Gasteiger partial charge in [0.25, 0.3) is 0 Å². The number of anilines is 1. The highest BCUT2D eigenvalue weighted by Crippen LogP contribution is 2.30. The quantitative estimate of drug-likeness (QED) is 0.746. The van der Waals surface area contributed by atoms with Crippen LogP contribution in [0.25, 0.3) is 0 Å². The Labute approximate surface area is 83.7 Å². The van der Waals surface area contributed by atoms with Crippen molar-refractivity contribution in [3.8, 4) is 5.75 Å². The van der Waals surface area contributed by atoms with Gasteiger partial charge in [-0.2, -0.15) is 0 Å². The Morgan fingerprint density at radius 1 is 1.57 bits per heavy atom. The van der Waals surface area contributed by atoms with Gasteiger partial charge in [-0.1, -0.05) is 0 Å². The standard InChI is InChI=1S/C11H15NO2/c1-7(13)11-6-8-5-9(14-2)3-4-10(8)12-11/h3-5,7,11-13H,6H2,1-2H3. The van der Waals surface area contributed by atoms with Gasteiger partial charge in [-0.25, -0.2) is 0 Å². The van der Waals surface area contributed by atoms with Crippen LogP contribution in [-0.2, 0) is 6.42 Å². The van der Waals surface area contributed by atoms with Gasteiger partial charge in [0.2, 0.25) is 0 Å². The molecule has 1 heterocycles. The molecule has 2 rings (SSSR count). The van der Waals surface area contributed by atoms with Gasteiger partial charge in [-0.15, -0.1) is 0 Å². The van der Waals surface area contributed by atoms with Gasteiger partial charge in [0.1, 0.15) is 5.75 Å². The molecule has 0 saturated heterocycles. The molecule has 3 nitrogen and oxygen atoms in total. The van der Waals surface area contributed by atoms with Crippen molar-refractivity contribution in [2.45, 2.75) is 25.5 Å². The molecule has 0 aliphatic carbocycles. The van der Waals surface area contributed by atoms with Crippen LogP contribution in [0, 0.1) is 0 Å². The molecule has 0 aromatic heterocycles. The van der Waals surface area contributed by atoms with Crippen LogP contribution in [0.1, 0.15) is 12.5 Å². The van der Waals surface area contributed by atoms with E-state index in [1.165, 1.54) is 5.56 Å². The Balaban J connectivity index is 2.22. The van der Waals surface area contributed by atoms with E-state index in [2.05, 4.69) is 5.32 Å². The van der Waals surface area contributed by atoms with Crippen molar-refractivity contribution in [3.63, 3.8) is 0 Å². The molecular formula is C11H15NO2. The van der Waals surface area contributed by atoms with Gasteiger partial charge in [0, 0.05) is 5.69 Å². The van der Waals surface area contributed by atoms with Crippen molar-refractivity contribution in [2.24, 2.45) is 0 Å². The number of hydrogen-bond acceptors (Lipinski definition) is 3. The SMILES string of the molecule is COc1ccc2c(c1)CC(C(C)O)N2. The minimum absolute atomic E-state index is 0.136. The Bertz CT molecular complexity index is 336. The van der Waals surface area contributed by atoms with Crippen LogP contribution < -0.4 is 10.1 Å². The zero-order valence-corrected chi connectivity index (χ0v) is 8.45. The van der Waals surface area contributed by atoms with Crippen LogP contribution in [0.15, 0.2) is 18.2 Å². The number of aliphatic hydroxyl groups is 1. The molecule has 76 valence electrons. The molecule has 2 N–H and O–H groups in total. The molecule has 2 atom stereocenters. The van der Waals surface area contributed by atoms with Crippen molar-refractivity contribution < 1.29 is 9.84 Å². The highest BCUT2D eigenvalue weighted by atomic mass is 16.5. The fraction of sp³-hybridized carbons (Fsp3) is 0.455. The van der Waals surface area contributed by atoms with E-state index < -0.39 is 0 Å². The van der Waals surface area contributed by atoms with Crippen LogP contribution in [0.5, 0.6) is 5.75 Å². The van der Waals surface area contributed by atoms with Crippen LogP contribution >= 0.6 is 0 Å². The summed E-state index contributed by atoms with van der Waals surface area (Å²) in [6, 6.07) is 6.08. The van der Waals surface area contributed by atoms with Crippen LogP contribution in [0.3, 0.4) is 0 Å². The predicted molar refractivity (Wildman–Crippen MR) is 55.8 cm³/mol. The third-order valence-electron chi connectivity index (χ3n) is 2.68.